The fourth-order valence-electron chi connectivity index (χ4n) is 3.74. The molecule has 0 aromatic carbocycles. The molecule has 3 rings (SSSR count). The maximum atomic E-state index is 12.2. The third kappa shape index (κ3) is 4.47. The van der Waals surface area contributed by atoms with Crippen LogP contribution in [0.15, 0.2) is 24.0 Å². The van der Waals surface area contributed by atoms with Gasteiger partial charge in [-0.3, -0.25) is 4.79 Å². The second-order valence-electron chi connectivity index (χ2n) is 7.10. The van der Waals surface area contributed by atoms with Gasteiger partial charge in [0, 0.05) is 37.9 Å². The van der Waals surface area contributed by atoms with Crippen LogP contribution in [0.25, 0.3) is 0 Å². The summed E-state index contributed by atoms with van der Waals surface area (Å²) < 4.78 is 2.23. The van der Waals surface area contributed by atoms with Gasteiger partial charge in [0.1, 0.15) is 5.82 Å². The summed E-state index contributed by atoms with van der Waals surface area (Å²) in [6, 6.07) is -0.157. The first-order valence-electron chi connectivity index (χ1n) is 9.44. The SMILES string of the molecule is C[C@H](NC[C@H]1CCCn2ccnc21)C(=O)NCCC1=CCCCC1. The number of hydrogen-bond acceptors (Lipinski definition) is 3. The molecular formula is C19H30N4O. The van der Waals surface area contributed by atoms with Crippen molar-refractivity contribution in [1.82, 2.24) is 20.2 Å². The number of rotatable bonds is 7. The average Bonchev–Trinajstić information content (AvgIpc) is 3.09. The fourth-order valence-corrected chi connectivity index (χ4v) is 3.74. The highest BCUT2D eigenvalue weighted by Crippen LogP contribution is 2.24. The molecule has 0 spiro atoms. The minimum absolute atomic E-state index is 0.102. The number of fused-ring (bicyclic) bond motifs is 1. The van der Waals surface area contributed by atoms with E-state index in [9.17, 15) is 4.79 Å². The molecule has 0 radical (unpaired) electrons. The van der Waals surface area contributed by atoms with E-state index in [1.165, 1.54) is 37.7 Å². The van der Waals surface area contributed by atoms with E-state index in [1.807, 2.05) is 13.1 Å². The van der Waals surface area contributed by atoms with Crippen molar-refractivity contribution in [2.45, 2.75) is 70.4 Å². The first kappa shape index (κ1) is 17.2. The lowest BCUT2D eigenvalue weighted by Gasteiger charge is -2.25. The van der Waals surface area contributed by atoms with Crippen LogP contribution in [-0.4, -0.2) is 34.6 Å². The highest BCUT2D eigenvalue weighted by Gasteiger charge is 2.22. The Morgan fingerprint density at radius 2 is 2.33 bits per heavy atom. The summed E-state index contributed by atoms with van der Waals surface area (Å²) in [4.78, 5) is 16.7. The molecule has 5 heteroatoms. The quantitative estimate of drug-likeness (QED) is 0.756. The first-order valence-corrected chi connectivity index (χ1v) is 9.44. The number of aryl methyl sites for hydroxylation is 1. The van der Waals surface area contributed by atoms with Crippen molar-refractivity contribution in [3.8, 4) is 0 Å². The van der Waals surface area contributed by atoms with Gasteiger partial charge in [-0.1, -0.05) is 11.6 Å². The molecule has 1 aliphatic heterocycles. The van der Waals surface area contributed by atoms with Crippen LogP contribution in [0.1, 0.15) is 63.6 Å². The maximum Gasteiger partial charge on any atom is 0.236 e. The van der Waals surface area contributed by atoms with Crippen LogP contribution in [-0.2, 0) is 11.3 Å². The zero-order valence-corrected chi connectivity index (χ0v) is 14.8. The van der Waals surface area contributed by atoms with E-state index in [2.05, 4.69) is 32.5 Å². The van der Waals surface area contributed by atoms with Gasteiger partial charge in [0.05, 0.1) is 6.04 Å². The van der Waals surface area contributed by atoms with Gasteiger partial charge in [-0.15, -0.1) is 0 Å². The highest BCUT2D eigenvalue weighted by atomic mass is 16.2. The minimum Gasteiger partial charge on any atom is -0.354 e. The number of carbonyl (C=O) groups excluding carboxylic acids is 1. The zero-order chi connectivity index (χ0) is 16.8. The number of amides is 1. The van der Waals surface area contributed by atoms with Gasteiger partial charge >= 0.3 is 0 Å². The molecule has 1 aromatic rings. The zero-order valence-electron chi connectivity index (χ0n) is 14.8. The van der Waals surface area contributed by atoms with Crippen molar-refractivity contribution in [2.75, 3.05) is 13.1 Å². The topological polar surface area (TPSA) is 59.0 Å². The Kier molecular flexibility index (Phi) is 6.07. The largest absolute Gasteiger partial charge is 0.354 e. The van der Waals surface area contributed by atoms with E-state index in [-0.39, 0.29) is 11.9 Å². The average molecular weight is 330 g/mol. The molecule has 24 heavy (non-hydrogen) atoms. The van der Waals surface area contributed by atoms with Crippen LogP contribution < -0.4 is 10.6 Å². The Bertz CT molecular complexity index is 578. The number of allylic oxidation sites excluding steroid dienone is 1. The van der Waals surface area contributed by atoms with E-state index >= 15 is 0 Å². The van der Waals surface area contributed by atoms with Gasteiger partial charge in [0.15, 0.2) is 0 Å². The van der Waals surface area contributed by atoms with Crippen molar-refractivity contribution >= 4 is 5.91 Å². The Morgan fingerprint density at radius 1 is 1.42 bits per heavy atom. The summed E-state index contributed by atoms with van der Waals surface area (Å²) in [6.07, 6.45) is 14.6. The number of nitrogens with one attached hydrogen (secondary N) is 2. The summed E-state index contributed by atoms with van der Waals surface area (Å²) in [7, 11) is 0. The second kappa shape index (κ2) is 8.47. The normalized spacial score (nSPS) is 21.7. The van der Waals surface area contributed by atoms with Crippen molar-refractivity contribution in [3.63, 3.8) is 0 Å². The van der Waals surface area contributed by atoms with Crippen LogP contribution in [0, 0.1) is 0 Å². The van der Waals surface area contributed by atoms with E-state index in [0.29, 0.717) is 5.92 Å². The number of imidazole rings is 1. The summed E-state index contributed by atoms with van der Waals surface area (Å²) in [5.41, 5.74) is 1.51. The Morgan fingerprint density at radius 3 is 3.17 bits per heavy atom. The molecule has 5 nitrogen and oxygen atoms in total. The lowest BCUT2D eigenvalue weighted by Crippen LogP contribution is -2.44. The molecule has 0 saturated carbocycles. The van der Waals surface area contributed by atoms with E-state index in [1.54, 1.807) is 0 Å². The molecule has 1 aromatic heterocycles. The third-order valence-electron chi connectivity index (χ3n) is 5.26. The van der Waals surface area contributed by atoms with Gasteiger partial charge in [-0.2, -0.15) is 0 Å². The summed E-state index contributed by atoms with van der Waals surface area (Å²) in [5, 5.41) is 6.46. The fraction of sp³-hybridized carbons (Fsp3) is 0.684. The molecular weight excluding hydrogens is 300 g/mol. The number of carbonyl (C=O) groups is 1. The van der Waals surface area contributed by atoms with Crippen LogP contribution in [0.3, 0.4) is 0 Å². The second-order valence-corrected chi connectivity index (χ2v) is 7.10. The molecule has 1 amide bonds. The number of hydrogen-bond donors (Lipinski definition) is 2. The van der Waals surface area contributed by atoms with Gasteiger partial charge in [-0.05, 0) is 51.9 Å². The Balaban J connectivity index is 1.38. The number of aromatic nitrogens is 2. The molecule has 132 valence electrons. The summed E-state index contributed by atoms with van der Waals surface area (Å²) in [5.74, 6) is 1.67. The predicted octanol–water partition coefficient (Wildman–Crippen LogP) is 2.75. The molecule has 0 unspecified atom stereocenters. The molecule has 0 bridgehead atoms. The first-order chi connectivity index (χ1) is 11.7. The lowest BCUT2D eigenvalue weighted by molar-refractivity contribution is -0.122. The van der Waals surface area contributed by atoms with Crippen LogP contribution in [0.4, 0.5) is 0 Å². The molecule has 1 aliphatic carbocycles. The van der Waals surface area contributed by atoms with Crippen molar-refractivity contribution in [1.29, 1.82) is 0 Å². The smallest absolute Gasteiger partial charge is 0.236 e. The van der Waals surface area contributed by atoms with Crippen LogP contribution >= 0.6 is 0 Å². The summed E-state index contributed by atoms with van der Waals surface area (Å²) in [6.45, 7) is 4.59. The van der Waals surface area contributed by atoms with E-state index in [4.69, 9.17) is 0 Å². The molecule has 2 N–H and O–H groups in total. The molecule has 2 heterocycles. The van der Waals surface area contributed by atoms with Crippen LogP contribution in [0.5, 0.6) is 0 Å². The Hall–Kier alpha value is -1.62. The molecule has 2 aliphatic rings. The standard InChI is InChI=1S/C19H30N4O/c1-15(19(24)21-10-9-16-6-3-2-4-7-16)22-14-17-8-5-12-23-13-11-20-18(17)23/h6,11,13,15,17,22H,2-5,7-10,12,14H2,1H3,(H,21,24)/t15-,17+/m0/s1. The van der Waals surface area contributed by atoms with Crippen molar-refractivity contribution in [3.05, 3.63) is 29.9 Å². The van der Waals surface area contributed by atoms with Gasteiger partial charge in [0.2, 0.25) is 5.91 Å². The van der Waals surface area contributed by atoms with E-state index in [0.717, 1.165) is 38.3 Å². The van der Waals surface area contributed by atoms with Gasteiger partial charge in [-0.25, -0.2) is 4.98 Å². The predicted molar refractivity (Wildman–Crippen MR) is 95.8 cm³/mol. The minimum atomic E-state index is -0.157. The maximum absolute atomic E-state index is 12.2. The third-order valence-corrected chi connectivity index (χ3v) is 5.26. The van der Waals surface area contributed by atoms with E-state index < -0.39 is 0 Å². The van der Waals surface area contributed by atoms with Crippen molar-refractivity contribution in [2.24, 2.45) is 0 Å². The molecule has 0 saturated heterocycles. The number of nitrogens with zero attached hydrogens (tertiary/aromatic N) is 2. The Labute approximate surface area is 144 Å². The van der Waals surface area contributed by atoms with Gasteiger partial charge < -0.3 is 15.2 Å². The summed E-state index contributed by atoms with van der Waals surface area (Å²) >= 11 is 0. The molecule has 0 fully saturated rings. The highest BCUT2D eigenvalue weighted by molar-refractivity contribution is 5.81. The lowest BCUT2D eigenvalue weighted by atomic mass is 9.97. The monoisotopic (exact) mass is 330 g/mol. The van der Waals surface area contributed by atoms with Crippen molar-refractivity contribution < 1.29 is 4.79 Å². The van der Waals surface area contributed by atoms with Gasteiger partial charge in [0.25, 0.3) is 0 Å². The van der Waals surface area contributed by atoms with Crippen LogP contribution in [0.2, 0.25) is 0 Å². The molecule has 2 atom stereocenters.